The largest absolute Gasteiger partial charge is 0.383 e. The van der Waals surface area contributed by atoms with Crippen LogP contribution in [0.5, 0.6) is 0 Å². The SMILES string of the molecule is CCCN(Cc1ccc([N+](=O)[O-])c(NC)c1)CC1CC1. The lowest BCUT2D eigenvalue weighted by molar-refractivity contribution is -0.384. The van der Waals surface area contributed by atoms with Crippen LogP contribution in [0.25, 0.3) is 0 Å². The summed E-state index contributed by atoms with van der Waals surface area (Å²) < 4.78 is 0. The Morgan fingerprint density at radius 3 is 2.75 bits per heavy atom. The number of nitrogens with zero attached hydrogens (tertiary/aromatic N) is 2. The van der Waals surface area contributed by atoms with E-state index in [0.29, 0.717) is 5.69 Å². The summed E-state index contributed by atoms with van der Waals surface area (Å²) in [4.78, 5) is 13.0. The van der Waals surface area contributed by atoms with Gasteiger partial charge < -0.3 is 5.32 Å². The Balaban J connectivity index is 2.08. The van der Waals surface area contributed by atoms with Crippen LogP contribution in [0, 0.1) is 16.0 Å². The van der Waals surface area contributed by atoms with Crippen molar-refractivity contribution in [3.63, 3.8) is 0 Å². The fourth-order valence-electron chi connectivity index (χ4n) is 2.52. The maximum absolute atomic E-state index is 10.9. The van der Waals surface area contributed by atoms with Gasteiger partial charge in [-0.25, -0.2) is 0 Å². The van der Waals surface area contributed by atoms with E-state index in [4.69, 9.17) is 0 Å². The molecule has 0 aromatic heterocycles. The van der Waals surface area contributed by atoms with Gasteiger partial charge >= 0.3 is 0 Å². The first kappa shape index (κ1) is 14.8. The van der Waals surface area contributed by atoms with Gasteiger partial charge in [0.25, 0.3) is 5.69 Å². The summed E-state index contributed by atoms with van der Waals surface area (Å²) in [5.74, 6) is 0.864. The zero-order valence-corrected chi connectivity index (χ0v) is 12.3. The molecule has 2 rings (SSSR count). The van der Waals surface area contributed by atoms with E-state index in [0.717, 1.165) is 37.5 Å². The van der Waals surface area contributed by atoms with Gasteiger partial charge in [-0.15, -0.1) is 0 Å². The predicted octanol–water partition coefficient (Wildman–Crippen LogP) is 3.26. The molecule has 0 spiro atoms. The highest BCUT2D eigenvalue weighted by Gasteiger charge is 2.24. The topological polar surface area (TPSA) is 58.4 Å². The van der Waals surface area contributed by atoms with E-state index in [-0.39, 0.29) is 10.6 Å². The molecule has 0 bridgehead atoms. The Hall–Kier alpha value is -1.62. The number of nitro benzene ring substituents is 1. The van der Waals surface area contributed by atoms with Crippen molar-refractivity contribution in [1.82, 2.24) is 4.90 Å². The lowest BCUT2D eigenvalue weighted by atomic mass is 10.1. The van der Waals surface area contributed by atoms with Crippen LogP contribution in [0.2, 0.25) is 0 Å². The maximum Gasteiger partial charge on any atom is 0.292 e. The monoisotopic (exact) mass is 277 g/mol. The molecule has 0 aliphatic heterocycles. The third kappa shape index (κ3) is 3.93. The molecule has 1 fully saturated rings. The first-order chi connectivity index (χ1) is 9.63. The van der Waals surface area contributed by atoms with Gasteiger partial charge in [-0.1, -0.05) is 13.0 Å². The van der Waals surface area contributed by atoms with E-state index in [2.05, 4.69) is 17.1 Å². The molecule has 0 amide bonds. The van der Waals surface area contributed by atoms with Crippen molar-refractivity contribution in [1.29, 1.82) is 0 Å². The average Bonchev–Trinajstić information content (AvgIpc) is 3.22. The molecule has 110 valence electrons. The summed E-state index contributed by atoms with van der Waals surface area (Å²) >= 11 is 0. The molecular weight excluding hydrogens is 254 g/mol. The summed E-state index contributed by atoms with van der Waals surface area (Å²) in [5, 5.41) is 13.8. The fourth-order valence-corrected chi connectivity index (χ4v) is 2.52. The van der Waals surface area contributed by atoms with Crippen LogP contribution in [-0.2, 0) is 6.54 Å². The van der Waals surface area contributed by atoms with Gasteiger partial charge in [0.2, 0.25) is 0 Å². The number of hydrogen-bond acceptors (Lipinski definition) is 4. The van der Waals surface area contributed by atoms with Gasteiger partial charge in [0.15, 0.2) is 0 Å². The number of nitro groups is 1. The van der Waals surface area contributed by atoms with Crippen LogP contribution in [0.15, 0.2) is 18.2 Å². The van der Waals surface area contributed by atoms with E-state index in [1.165, 1.54) is 12.8 Å². The molecule has 0 heterocycles. The van der Waals surface area contributed by atoms with Crippen LogP contribution < -0.4 is 5.32 Å². The van der Waals surface area contributed by atoms with Crippen LogP contribution >= 0.6 is 0 Å². The number of hydrogen-bond donors (Lipinski definition) is 1. The van der Waals surface area contributed by atoms with Crippen molar-refractivity contribution >= 4 is 11.4 Å². The Labute approximate surface area is 120 Å². The molecule has 20 heavy (non-hydrogen) atoms. The molecule has 1 aliphatic carbocycles. The van der Waals surface area contributed by atoms with Gasteiger partial charge in [0, 0.05) is 26.2 Å². The van der Waals surface area contributed by atoms with Gasteiger partial charge in [-0.2, -0.15) is 0 Å². The van der Waals surface area contributed by atoms with Crippen molar-refractivity contribution in [2.45, 2.75) is 32.7 Å². The Morgan fingerprint density at radius 2 is 2.20 bits per heavy atom. The van der Waals surface area contributed by atoms with Gasteiger partial charge in [-0.05, 0) is 43.4 Å². The first-order valence-electron chi connectivity index (χ1n) is 7.31. The molecule has 0 atom stereocenters. The summed E-state index contributed by atoms with van der Waals surface area (Å²) in [6.07, 6.45) is 3.84. The Bertz CT molecular complexity index is 472. The Kier molecular flexibility index (Phi) is 4.95. The van der Waals surface area contributed by atoms with Crippen molar-refractivity contribution < 1.29 is 4.92 Å². The first-order valence-corrected chi connectivity index (χ1v) is 7.31. The molecule has 5 heteroatoms. The van der Waals surface area contributed by atoms with Crippen LogP contribution in [0.3, 0.4) is 0 Å². The molecule has 1 aliphatic rings. The second kappa shape index (κ2) is 6.70. The third-order valence-electron chi connectivity index (χ3n) is 3.69. The Morgan fingerprint density at radius 1 is 1.45 bits per heavy atom. The van der Waals surface area contributed by atoms with Crippen LogP contribution in [0.1, 0.15) is 31.7 Å². The molecule has 0 unspecified atom stereocenters. The van der Waals surface area contributed by atoms with Crippen LogP contribution in [0.4, 0.5) is 11.4 Å². The van der Waals surface area contributed by atoms with E-state index in [9.17, 15) is 10.1 Å². The smallest absolute Gasteiger partial charge is 0.292 e. The second-order valence-corrected chi connectivity index (χ2v) is 5.54. The molecule has 1 aromatic carbocycles. The van der Waals surface area contributed by atoms with Crippen molar-refractivity contribution in [3.8, 4) is 0 Å². The molecule has 1 saturated carbocycles. The molecule has 0 radical (unpaired) electrons. The summed E-state index contributed by atoms with van der Waals surface area (Å²) in [7, 11) is 1.72. The third-order valence-corrected chi connectivity index (χ3v) is 3.69. The highest BCUT2D eigenvalue weighted by atomic mass is 16.6. The van der Waals surface area contributed by atoms with Crippen molar-refractivity contribution in [2.24, 2.45) is 5.92 Å². The standard InChI is InChI=1S/C15H23N3O2/c1-3-8-17(10-12-4-5-12)11-13-6-7-15(18(19)20)14(9-13)16-2/h6-7,9,12,16H,3-5,8,10-11H2,1-2H3. The van der Waals surface area contributed by atoms with Crippen molar-refractivity contribution in [3.05, 3.63) is 33.9 Å². The molecular formula is C15H23N3O2. The van der Waals surface area contributed by atoms with Gasteiger partial charge in [0.05, 0.1) is 4.92 Å². The lowest BCUT2D eigenvalue weighted by Gasteiger charge is -2.21. The highest BCUT2D eigenvalue weighted by molar-refractivity contribution is 5.62. The second-order valence-electron chi connectivity index (χ2n) is 5.54. The molecule has 1 aromatic rings. The van der Waals surface area contributed by atoms with E-state index in [1.54, 1.807) is 13.1 Å². The predicted molar refractivity (Wildman–Crippen MR) is 80.9 cm³/mol. The van der Waals surface area contributed by atoms with Gasteiger partial charge in [0.1, 0.15) is 5.69 Å². The fraction of sp³-hybridized carbons (Fsp3) is 0.600. The minimum atomic E-state index is -0.344. The zero-order chi connectivity index (χ0) is 14.5. The zero-order valence-electron chi connectivity index (χ0n) is 12.3. The van der Waals surface area contributed by atoms with E-state index in [1.807, 2.05) is 12.1 Å². The average molecular weight is 277 g/mol. The minimum Gasteiger partial charge on any atom is -0.383 e. The van der Waals surface area contributed by atoms with Gasteiger partial charge in [-0.3, -0.25) is 15.0 Å². The highest BCUT2D eigenvalue weighted by Crippen LogP contribution is 2.31. The maximum atomic E-state index is 10.9. The quantitative estimate of drug-likeness (QED) is 0.585. The number of rotatable bonds is 8. The molecule has 0 saturated heterocycles. The summed E-state index contributed by atoms with van der Waals surface area (Å²) in [6, 6.07) is 5.37. The molecule has 1 N–H and O–H groups in total. The summed E-state index contributed by atoms with van der Waals surface area (Å²) in [5.41, 5.74) is 1.87. The number of benzene rings is 1. The van der Waals surface area contributed by atoms with Crippen LogP contribution in [-0.4, -0.2) is 30.0 Å². The minimum absolute atomic E-state index is 0.139. The van der Waals surface area contributed by atoms with E-state index >= 15 is 0 Å². The summed E-state index contributed by atoms with van der Waals surface area (Å²) in [6.45, 7) is 5.30. The number of anilines is 1. The number of nitrogens with one attached hydrogen (secondary N) is 1. The van der Waals surface area contributed by atoms with E-state index < -0.39 is 0 Å². The van der Waals surface area contributed by atoms with Crippen molar-refractivity contribution in [2.75, 3.05) is 25.5 Å². The lowest BCUT2D eigenvalue weighted by Crippen LogP contribution is -2.26. The molecule has 5 nitrogen and oxygen atoms in total. The normalized spacial score (nSPS) is 14.6.